The van der Waals surface area contributed by atoms with Crippen molar-refractivity contribution in [2.45, 2.75) is 167 Å². The summed E-state index contributed by atoms with van der Waals surface area (Å²) in [5.74, 6) is -5.36. The Kier molecular flexibility index (Phi) is 17.1. The molecule has 2 aromatic rings. The molecule has 13 atom stereocenters. The molecular formula is C51H74N2O11. The fraction of sp³-hybridized carbons (Fsp3) is 0.686. The van der Waals surface area contributed by atoms with Gasteiger partial charge in [-0.2, -0.15) is 0 Å². The number of nitrogens with one attached hydrogen (secondary N) is 1. The molecule has 2 bridgehead atoms. The Morgan fingerprint density at radius 1 is 0.922 bits per heavy atom. The number of hydrogen-bond donors (Lipinski definition) is 2. The first-order valence-electron chi connectivity index (χ1n) is 23.8. The molecule has 2 N–H and O–H groups in total. The average molecular weight is 891 g/mol. The van der Waals surface area contributed by atoms with Crippen molar-refractivity contribution in [1.82, 2.24) is 9.88 Å². The van der Waals surface area contributed by atoms with E-state index in [0.717, 1.165) is 40.6 Å². The minimum atomic E-state index is -2.47. The van der Waals surface area contributed by atoms with Crippen LogP contribution in [0.3, 0.4) is 0 Å². The van der Waals surface area contributed by atoms with Crippen molar-refractivity contribution in [2.75, 3.05) is 27.9 Å². The van der Waals surface area contributed by atoms with Crippen molar-refractivity contribution in [1.29, 1.82) is 0 Å². The molecule has 13 unspecified atom stereocenters. The number of aromatic amines is 1. The number of aliphatic hydroxyl groups is 1. The summed E-state index contributed by atoms with van der Waals surface area (Å²) >= 11 is 0. The first-order chi connectivity index (χ1) is 30.6. The topological polar surface area (TPSA) is 163 Å². The molecule has 1 aliphatic carbocycles. The highest BCUT2D eigenvalue weighted by Gasteiger charge is 2.56. The van der Waals surface area contributed by atoms with Gasteiger partial charge in [-0.3, -0.25) is 14.4 Å². The molecule has 64 heavy (non-hydrogen) atoms. The molecule has 13 heteroatoms. The molecule has 2 saturated heterocycles. The van der Waals surface area contributed by atoms with Gasteiger partial charge in [0, 0.05) is 63.2 Å². The molecule has 354 valence electrons. The molecule has 1 aromatic carbocycles. The molecule has 0 spiro atoms. The van der Waals surface area contributed by atoms with E-state index in [2.05, 4.69) is 24.1 Å². The van der Waals surface area contributed by atoms with E-state index in [9.17, 15) is 24.3 Å². The highest BCUT2D eigenvalue weighted by atomic mass is 16.7. The highest BCUT2D eigenvalue weighted by molar-refractivity contribution is 6.39. The standard InChI is InChI=1S/C51H74N2O11/c1-10-36-24-30(2)23-31(3)25-44(60-8)47-45(61-9)27-34(6)51(58,64-47)48(55)49(56)53-22-12-11-13-40(53)50(57)63-46(32(4)14-18-41(36)54)33(5)26-35-15-19-42(43(28-35)59-7)62-38-16-17-39-37(29-38)20-21-52-39/h16-17,20-21,24,26,29,31-32,34-36,40,42-47,52,58H,10-15,18-19,22-23,25,27-28H2,1-9H3/b30-24+,33-26?. The van der Waals surface area contributed by atoms with Crippen LogP contribution in [0.5, 0.6) is 5.75 Å². The average Bonchev–Trinajstić information content (AvgIpc) is 3.76. The van der Waals surface area contributed by atoms with E-state index in [4.69, 9.17) is 28.4 Å². The number of methoxy groups -OCH3 is 3. The number of piperidine rings is 1. The van der Waals surface area contributed by atoms with E-state index in [0.29, 0.717) is 57.8 Å². The van der Waals surface area contributed by atoms with Crippen LogP contribution < -0.4 is 4.74 Å². The van der Waals surface area contributed by atoms with Gasteiger partial charge in [0.25, 0.3) is 11.7 Å². The smallest absolute Gasteiger partial charge is 0.329 e. The lowest BCUT2D eigenvalue weighted by Crippen LogP contribution is -2.64. The number of esters is 1. The number of H-pyrrole nitrogens is 1. The molecule has 1 amide bonds. The van der Waals surface area contributed by atoms with Gasteiger partial charge in [-0.05, 0) is 132 Å². The number of fused-ring (bicyclic) bond motifs is 4. The number of cyclic esters (lactones) is 1. The van der Waals surface area contributed by atoms with Gasteiger partial charge in [0.15, 0.2) is 0 Å². The van der Waals surface area contributed by atoms with E-state index < -0.39 is 59.8 Å². The van der Waals surface area contributed by atoms with Gasteiger partial charge in [-0.25, -0.2) is 4.79 Å². The van der Waals surface area contributed by atoms with E-state index in [-0.39, 0.29) is 54.6 Å². The summed E-state index contributed by atoms with van der Waals surface area (Å²) in [5.41, 5.74) is 2.99. The van der Waals surface area contributed by atoms with E-state index >= 15 is 0 Å². The second-order valence-electron chi connectivity index (χ2n) is 19.4. The molecule has 0 radical (unpaired) electrons. The fourth-order valence-corrected chi connectivity index (χ4v) is 10.8. The Hall–Kier alpha value is -3.88. The number of benzene rings is 1. The van der Waals surface area contributed by atoms with Gasteiger partial charge in [0.1, 0.15) is 35.9 Å². The number of amides is 1. The molecule has 1 aromatic heterocycles. The Morgan fingerprint density at radius 3 is 2.38 bits per heavy atom. The summed E-state index contributed by atoms with van der Waals surface area (Å²) in [6, 6.07) is 6.99. The van der Waals surface area contributed by atoms with Crippen LogP contribution in [0.4, 0.5) is 0 Å². The van der Waals surface area contributed by atoms with Crippen LogP contribution in [0.2, 0.25) is 0 Å². The van der Waals surface area contributed by atoms with Crippen LogP contribution >= 0.6 is 0 Å². The predicted molar refractivity (Wildman–Crippen MR) is 243 cm³/mol. The van der Waals surface area contributed by atoms with Crippen LogP contribution in [0.25, 0.3) is 10.9 Å². The van der Waals surface area contributed by atoms with Gasteiger partial charge in [-0.1, -0.05) is 45.4 Å². The molecule has 4 heterocycles. The summed E-state index contributed by atoms with van der Waals surface area (Å²) in [5, 5.41) is 13.2. The zero-order chi connectivity index (χ0) is 46.3. The number of ether oxygens (including phenoxy) is 6. The third-order valence-corrected chi connectivity index (χ3v) is 14.5. The number of carbonyl (C=O) groups excluding carboxylic acids is 4. The van der Waals surface area contributed by atoms with Gasteiger partial charge in [0.2, 0.25) is 5.79 Å². The van der Waals surface area contributed by atoms with Gasteiger partial charge in [0.05, 0.1) is 18.3 Å². The number of nitrogens with zero attached hydrogens (tertiary/aromatic N) is 1. The van der Waals surface area contributed by atoms with Crippen molar-refractivity contribution >= 4 is 34.3 Å². The summed E-state index contributed by atoms with van der Waals surface area (Å²) in [6.07, 6.45) is 9.94. The number of ketones is 2. The molecule has 13 nitrogen and oxygen atoms in total. The first-order valence-corrected chi connectivity index (χ1v) is 23.8. The van der Waals surface area contributed by atoms with Crippen LogP contribution in [-0.4, -0.2) is 115 Å². The molecular weight excluding hydrogens is 817 g/mol. The Bertz CT molecular complexity index is 1990. The minimum Gasteiger partial charge on any atom is -0.488 e. The van der Waals surface area contributed by atoms with Gasteiger partial charge in [-0.15, -0.1) is 0 Å². The number of aromatic nitrogens is 1. The van der Waals surface area contributed by atoms with Crippen molar-refractivity contribution < 1.29 is 52.7 Å². The largest absolute Gasteiger partial charge is 0.488 e. The molecule has 3 fully saturated rings. The van der Waals surface area contributed by atoms with Crippen LogP contribution in [0.1, 0.15) is 119 Å². The first kappa shape index (κ1) is 49.6. The molecule has 1 saturated carbocycles. The third-order valence-electron chi connectivity index (χ3n) is 14.5. The van der Waals surface area contributed by atoms with E-state index in [1.165, 1.54) is 4.90 Å². The summed E-state index contributed by atoms with van der Waals surface area (Å²) in [4.78, 5) is 61.6. The lowest BCUT2D eigenvalue weighted by atomic mass is 9.82. The van der Waals surface area contributed by atoms with Crippen LogP contribution in [0.15, 0.2) is 53.8 Å². The lowest BCUT2D eigenvalue weighted by Gasteiger charge is -2.47. The predicted octanol–water partition coefficient (Wildman–Crippen LogP) is 8.07. The second kappa shape index (κ2) is 22.1. The van der Waals surface area contributed by atoms with Crippen LogP contribution in [-0.2, 0) is 42.9 Å². The van der Waals surface area contributed by atoms with Crippen LogP contribution in [0, 0.1) is 29.6 Å². The van der Waals surface area contributed by atoms with Gasteiger partial charge < -0.3 is 43.4 Å². The Labute approximate surface area is 379 Å². The number of carbonyl (C=O) groups is 4. The summed E-state index contributed by atoms with van der Waals surface area (Å²) < 4.78 is 37.1. The van der Waals surface area contributed by atoms with E-state index in [1.807, 2.05) is 58.2 Å². The Morgan fingerprint density at radius 2 is 1.66 bits per heavy atom. The summed E-state index contributed by atoms with van der Waals surface area (Å²) in [7, 11) is 4.83. The maximum absolute atomic E-state index is 14.5. The fourth-order valence-electron chi connectivity index (χ4n) is 10.8. The van der Waals surface area contributed by atoms with Gasteiger partial charge >= 0.3 is 5.97 Å². The molecule has 4 aliphatic rings. The number of Topliss-reactive ketones (excluding diaryl/α,β-unsaturated/α-hetero) is 2. The number of rotatable bonds is 8. The maximum Gasteiger partial charge on any atom is 0.329 e. The summed E-state index contributed by atoms with van der Waals surface area (Å²) in [6.45, 7) is 12.0. The van der Waals surface area contributed by atoms with E-state index in [1.54, 1.807) is 28.3 Å². The Balaban J connectivity index is 1.28. The highest BCUT2D eigenvalue weighted by Crippen LogP contribution is 2.40. The zero-order valence-corrected chi connectivity index (χ0v) is 39.6. The minimum absolute atomic E-state index is 0.0863. The SMILES string of the molecule is CCC1/C=C(\C)CC(C)CC(OC)C2OC(O)(C(=O)C(=O)N3CCCCC3C(=O)OC(C(C)=CC3CCC(Oc4ccc5[nH]ccc5c4)C(OC)C3)C(C)CCC1=O)C(C)CC2OC. The second-order valence-corrected chi connectivity index (χ2v) is 19.4. The van der Waals surface area contributed by atoms with Crippen molar-refractivity contribution in [3.05, 3.63) is 53.8 Å². The number of hydrogen-bond acceptors (Lipinski definition) is 11. The molecule has 3 aliphatic heterocycles. The molecule has 6 rings (SSSR count). The third kappa shape index (κ3) is 11.4. The lowest BCUT2D eigenvalue weighted by molar-refractivity contribution is -0.302. The van der Waals surface area contributed by atoms with Crippen molar-refractivity contribution in [3.63, 3.8) is 0 Å². The quantitative estimate of drug-likeness (QED) is 0.150. The van der Waals surface area contributed by atoms with Crippen molar-refractivity contribution in [2.24, 2.45) is 29.6 Å². The monoisotopic (exact) mass is 891 g/mol. The van der Waals surface area contributed by atoms with Crippen molar-refractivity contribution in [3.8, 4) is 5.75 Å². The maximum atomic E-state index is 14.5. The number of allylic oxidation sites excluding steroid dienone is 3. The zero-order valence-electron chi connectivity index (χ0n) is 39.6. The normalized spacial score (nSPS) is 36.7.